The van der Waals surface area contributed by atoms with Crippen LogP contribution in [0, 0.1) is 5.92 Å². The third kappa shape index (κ3) is 4.17. The smallest absolute Gasteiger partial charge is 0.333 e. The number of esters is 2. The van der Waals surface area contributed by atoms with Crippen LogP contribution in [0.3, 0.4) is 0 Å². The first-order valence-corrected chi connectivity index (χ1v) is 6.02. The summed E-state index contributed by atoms with van der Waals surface area (Å²) in [6.45, 7) is 15.5. The Bertz CT molecular complexity index is 351. The van der Waals surface area contributed by atoms with Crippen molar-refractivity contribution in [1.29, 1.82) is 0 Å². The molecule has 0 bridgehead atoms. The fourth-order valence-corrected chi connectivity index (χ4v) is 0.934. The van der Waals surface area contributed by atoms with Crippen LogP contribution in [0.15, 0.2) is 12.2 Å². The van der Waals surface area contributed by atoms with Crippen molar-refractivity contribution in [3.8, 4) is 0 Å². The summed E-state index contributed by atoms with van der Waals surface area (Å²) in [5.41, 5.74) is -1.54. The van der Waals surface area contributed by atoms with Gasteiger partial charge in [-0.15, -0.1) is 0 Å². The summed E-state index contributed by atoms with van der Waals surface area (Å²) in [6, 6.07) is 0. The van der Waals surface area contributed by atoms with E-state index in [1.54, 1.807) is 48.5 Å². The Morgan fingerprint density at radius 1 is 1.00 bits per heavy atom. The molecule has 0 atom stereocenters. The molecule has 0 aliphatic carbocycles. The lowest BCUT2D eigenvalue weighted by Gasteiger charge is -2.40. The van der Waals surface area contributed by atoms with Crippen molar-refractivity contribution in [1.82, 2.24) is 0 Å². The average molecular weight is 256 g/mol. The summed E-state index contributed by atoms with van der Waals surface area (Å²) >= 11 is 0. The van der Waals surface area contributed by atoms with E-state index >= 15 is 0 Å². The van der Waals surface area contributed by atoms with Crippen LogP contribution in [0.4, 0.5) is 0 Å². The standard InChI is InChI=1S/C14H24O4/c1-9(2)11(15)17-13(5,6)14(7,8)18-12(16)10(3)4/h10H,1H2,2-8H3. The van der Waals surface area contributed by atoms with Gasteiger partial charge in [0.15, 0.2) is 0 Å². The van der Waals surface area contributed by atoms with Gasteiger partial charge >= 0.3 is 11.9 Å². The Kier molecular flexibility index (Phi) is 5.14. The van der Waals surface area contributed by atoms with E-state index in [-0.39, 0.29) is 11.9 Å². The van der Waals surface area contributed by atoms with Crippen molar-refractivity contribution in [3.05, 3.63) is 12.2 Å². The molecule has 0 heterocycles. The molecule has 0 saturated heterocycles. The average Bonchev–Trinajstić information content (AvgIpc) is 2.15. The quantitative estimate of drug-likeness (QED) is 0.560. The van der Waals surface area contributed by atoms with E-state index in [0.29, 0.717) is 5.57 Å². The lowest BCUT2D eigenvalue weighted by Crippen LogP contribution is -2.52. The molecule has 0 radical (unpaired) electrons. The minimum absolute atomic E-state index is 0.225. The molecule has 0 rings (SSSR count). The molecule has 4 nitrogen and oxygen atoms in total. The summed E-state index contributed by atoms with van der Waals surface area (Å²) in [6.07, 6.45) is 0. The molecule has 0 unspecified atom stereocenters. The van der Waals surface area contributed by atoms with Gasteiger partial charge in [-0.1, -0.05) is 20.4 Å². The Labute approximate surface area is 109 Å². The molecule has 0 aliphatic rings. The molecule has 18 heavy (non-hydrogen) atoms. The van der Waals surface area contributed by atoms with Gasteiger partial charge in [-0.3, -0.25) is 4.79 Å². The highest BCUT2D eigenvalue weighted by Gasteiger charge is 2.44. The third-order valence-electron chi connectivity index (χ3n) is 2.97. The first-order valence-electron chi connectivity index (χ1n) is 6.02. The number of hydrogen-bond donors (Lipinski definition) is 0. The molecule has 0 aromatic heterocycles. The first kappa shape index (κ1) is 16.7. The van der Waals surface area contributed by atoms with Crippen LogP contribution in [-0.2, 0) is 19.1 Å². The molecular formula is C14H24O4. The monoisotopic (exact) mass is 256 g/mol. The molecule has 0 aromatic carbocycles. The minimum atomic E-state index is -0.937. The summed E-state index contributed by atoms with van der Waals surface area (Å²) in [7, 11) is 0. The van der Waals surface area contributed by atoms with Crippen LogP contribution < -0.4 is 0 Å². The predicted octanol–water partition coefficient (Wildman–Crippen LogP) is 2.86. The van der Waals surface area contributed by atoms with Crippen LogP contribution in [0.25, 0.3) is 0 Å². The van der Waals surface area contributed by atoms with Gasteiger partial charge in [0.1, 0.15) is 11.2 Å². The van der Waals surface area contributed by atoms with Gasteiger partial charge in [-0.25, -0.2) is 4.79 Å². The highest BCUT2D eigenvalue weighted by Crippen LogP contribution is 2.30. The topological polar surface area (TPSA) is 52.6 Å². The van der Waals surface area contributed by atoms with Gasteiger partial charge in [-0.05, 0) is 34.6 Å². The van der Waals surface area contributed by atoms with Gasteiger partial charge in [-0.2, -0.15) is 0 Å². The maximum Gasteiger partial charge on any atom is 0.333 e. The van der Waals surface area contributed by atoms with Crippen LogP contribution in [0.1, 0.15) is 48.5 Å². The molecule has 0 aliphatic heterocycles. The summed E-state index contributed by atoms with van der Waals surface area (Å²) in [4.78, 5) is 23.2. The normalized spacial score (nSPS) is 12.2. The van der Waals surface area contributed by atoms with E-state index in [0.717, 1.165) is 0 Å². The molecule has 104 valence electrons. The zero-order valence-corrected chi connectivity index (χ0v) is 12.4. The van der Waals surface area contributed by atoms with Gasteiger partial charge < -0.3 is 9.47 Å². The second-order valence-electron chi connectivity index (χ2n) is 5.77. The van der Waals surface area contributed by atoms with Crippen LogP contribution in [-0.4, -0.2) is 23.1 Å². The van der Waals surface area contributed by atoms with Crippen LogP contribution in [0.5, 0.6) is 0 Å². The van der Waals surface area contributed by atoms with Gasteiger partial charge in [0.25, 0.3) is 0 Å². The Balaban J connectivity index is 4.90. The van der Waals surface area contributed by atoms with Crippen LogP contribution in [0.2, 0.25) is 0 Å². The molecule has 0 N–H and O–H groups in total. The number of carbonyl (C=O) groups excluding carboxylic acids is 2. The van der Waals surface area contributed by atoms with E-state index in [2.05, 4.69) is 6.58 Å². The number of rotatable bonds is 5. The Hall–Kier alpha value is -1.32. The zero-order chi connectivity index (χ0) is 14.7. The number of hydrogen-bond acceptors (Lipinski definition) is 4. The summed E-state index contributed by atoms with van der Waals surface area (Å²) in [5, 5.41) is 0. The molecule has 0 aromatic rings. The summed E-state index contributed by atoms with van der Waals surface area (Å²) in [5.74, 6) is -1.04. The van der Waals surface area contributed by atoms with Gasteiger partial charge in [0.05, 0.1) is 5.92 Å². The Morgan fingerprint density at radius 2 is 1.39 bits per heavy atom. The molecule has 0 saturated carbocycles. The van der Waals surface area contributed by atoms with E-state index in [1.807, 2.05) is 0 Å². The number of ether oxygens (including phenoxy) is 2. The largest absolute Gasteiger partial charge is 0.455 e. The van der Waals surface area contributed by atoms with Crippen molar-refractivity contribution in [2.24, 2.45) is 5.92 Å². The second-order valence-corrected chi connectivity index (χ2v) is 5.77. The predicted molar refractivity (Wildman–Crippen MR) is 70.0 cm³/mol. The molecule has 0 amide bonds. The van der Waals surface area contributed by atoms with Crippen molar-refractivity contribution in [3.63, 3.8) is 0 Å². The van der Waals surface area contributed by atoms with Gasteiger partial charge in [0, 0.05) is 5.57 Å². The molecule has 0 fully saturated rings. The maximum absolute atomic E-state index is 11.6. The van der Waals surface area contributed by atoms with Crippen molar-refractivity contribution < 1.29 is 19.1 Å². The highest BCUT2D eigenvalue weighted by molar-refractivity contribution is 5.87. The number of carbonyl (C=O) groups is 2. The fraction of sp³-hybridized carbons (Fsp3) is 0.714. The Morgan fingerprint density at radius 3 is 1.72 bits per heavy atom. The van der Waals surface area contributed by atoms with E-state index in [9.17, 15) is 9.59 Å². The summed E-state index contributed by atoms with van der Waals surface area (Å²) < 4.78 is 10.7. The van der Waals surface area contributed by atoms with E-state index in [1.165, 1.54) is 0 Å². The molecule has 0 spiro atoms. The third-order valence-corrected chi connectivity index (χ3v) is 2.97. The van der Waals surface area contributed by atoms with Crippen molar-refractivity contribution in [2.75, 3.05) is 0 Å². The lowest BCUT2D eigenvalue weighted by molar-refractivity contribution is -0.198. The molecule has 4 heteroatoms. The lowest BCUT2D eigenvalue weighted by atomic mass is 9.88. The second kappa shape index (κ2) is 5.55. The van der Waals surface area contributed by atoms with E-state index < -0.39 is 17.2 Å². The zero-order valence-electron chi connectivity index (χ0n) is 12.4. The first-order chi connectivity index (χ1) is 7.90. The van der Waals surface area contributed by atoms with Crippen LogP contribution >= 0.6 is 0 Å². The molecular weight excluding hydrogens is 232 g/mol. The highest BCUT2D eigenvalue weighted by atomic mass is 16.6. The fourth-order valence-electron chi connectivity index (χ4n) is 0.934. The van der Waals surface area contributed by atoms with Crippen molar-refractivity contribution in [2.45, 2.75) is 59.7 Å². The van der Waals surface area contributed by atoms with Crippen molar-refractivity contribution >= 4 is 11.9 Å². The SMILES string of the molecule is C=C(C)C(=O)OC(C)(C)C(C)(C)OC(=O)C(C)C. The van der Waals surface area contributed by atoms with E-state index in [4.69, 9.17) is 9.47 Å². The minimum Gasteiger partial charge on any atom is -0.455 e. The maximum atomic E-state index is 11.6. The van der Waals surface area contributed by atoms with Gasteiger partial charge in [0.2, 0.25) is 0 Å².